The van der Waals surface area contributed by atoms with Crippen molar-refractivity contribution in [3.63, 3.8) is 0 Å². The molecule has 0 fully saturated rings. The number of aryl methyl sites for hydroxylation is 4. The summed E-state index contributed by atoms with van der Waals surface area (Å²) in [5, 5.41) is 27.3. The van der Waals surface area contributed by atoms with Crippen molar-refractivity contribution in [1.82, 2.24) is 28.2 Å². The van der Waals surface area contributed by atoms with Crippen LogP contribution in [0, 0.1) is 0 Å². The molecule has 0 saturated heterocycles. The number of hydrogen-bond donors (Lipinski definition) is 4. The van der Waals surface area contributed by atoms with E-state index in [0.29, 0.717) is 42.7 Å². The number of anilines is 2. The number of nitrogens with zero attached hydrogens (tertiary/aromatic N) is 6. The number of nitrogens with two attached hydrogens (primary N) is 2. The smallest absolute Gasteiger partial charge is 0.262 e. The Morgan fingerprint density at radius 2 is 0.838 bits per heavy atom. The van der Waals surface area contributed by atoms with Gasteiger partial charge in [-0.05, 0) is 218 Å². The topological polar surface area (TPSA) is 249 Å². The largest absolute Gasteiger partial charge is 0.508 e. The molecule has 2 heterocycles. The monoisotopic (exact) mass is 1380 g/mol. The average molecular weight is 1380 g/mol. The van der Waals surface area contributed by atoms with Crippen molar-refractivity contribution in [2.75, 3.05) is 53.1 Å². The number of hydrogen-bond acceptors (Lipinski definition) is 15. The van der Waals surface area contributed by atoms with E-state index in [2.05, 4.69) is 46.6 Å². The van der Waals surface area contributed by atoms with Gasteiger partial charge < -0.3 is 45.4 Å². The minimum atomic E-state index is -3.90. The van der Waals surface area contributed by atoms with Gasteiger partial charge in [-0.3, -0.25) is 9.36 Å². The molecule has 21 heteroatoms. The van der Waals surface area contributed by atoms with E-state index in [1.807, 2.05) is 121 Å². The zero-order valence-corrected chi connectivity index (χ0v) is 58.5. The van der Waals surface area contributed by atoms with Crippen LogP contribution in [0.25, 0.3) is 22.3 Å². The van der Waals surface area contributed by atoms with Crippen LogP contribution in [0.4, 0.5) is 11.4 Å². The van der Waals surface area contributed by atoms with Crippen LogP contribution in [0.3, 0.4) is 0 Å². The first-order chi connectivity index (χ1) is 48.0. The molecule has 0 atom stereocenters. The summed E-state index contributed by atoms with van der Waals surface area (Å²) in [5.74, 6) is 3.95. The van der Waals surface area contributed by atoms with E-state index >= 15 is 0 Å². The standard InChI is InChI=1S/C39H44N4O5S.C24H31N3O5S.C15H15NO/c1-46-33-17-12-29(13-18-33)27-43(28-30-14-19-34(47-2)20-15-30)49(44,45)38-22-24-42(41-38)23-4-3-5-25-48-35-10-6-9-32(26-35)37-21-16-31-8-7-11-36(31)39(37)40;1-31-22-10-6-20(7-11-22)18-27(19-21-8-12-23(32-2)13-9-21)33(29,30)24-14-16-26(25-24)15-4-3-5-17-28;16-15-13-6-2-3-10(13)7-8-14(15)11-4-1-5-12(17)9-11/h6,9-10,12-22,24,26H,3-5,7-8,11,23,25,27-28,40H2,1-2H3;6-14,16,28H,3-5,15,17-19H2,1-2H3;1,4-5,7-9,17H,2-3,6,16H2. The number of fused-ring (bicyclic) bond motifs is 2. The Labute approximate surface area is 582 Å². The third-order valence-corrected chi connectivity index (χ3v) is 21.2. The first-order valence-corrected chi connectivity index (χ1v) is 36.5. The molecule has 0 aliphatic heterocycles. The fourth-order valence-corrected chi connectivity index (χ4v) is 15.0. The number of aliphatic hydroxyl groups is 1. The molecular formula is C78H90N8O11S2. The molecule has 0 unspecified atom stereocenters. The molecule has 8 aromatic carbocycles. The fraction of sp³-hybridized carbons (Fsp3) is 0.308. The van der Waals surface area contributed by atoms with Crippen molar-refractivity contribution >= 4 is 31.4 Å². The van der Waals surface area contributed by atoms with E-state index < -0.39 is 20.0 Å². The Morgan fingerprint density at radius 1 is 0.444 bits per heavy atom. The highest BCUT2D eigenvalue weighted by atomic mass is 32.2. The van der Waals surface area contributed by atoms with Gasteiger partial charge in [-0.15, -0.1) is 0 Å². The molecule has 99 heavy (non-hydrogen) atoms. The number of rotatable bonds is 30. The molecule has 10 aromatic rings. The molecule has 12 rings (SSSR count). The van der Waals surface area contributed by atoms with Crippen LogP contribution in [-0.2, 0) is 85.0 Å². The van der Waals surface area contributed by atoms with E-state index in [4.69, 9.17) is 40.3 Å². The zero-order chi connectivity index (χ0) is 69.7. The second-order valence-electron chi connectivity index (χ2n) is 24.6. The molecule has 0 amide bonds. The molecule has 2 aromatic heterocycles. The summed E-state index contributed by atoms with van der Waals surface area (Å²) in [6.45, 7) is 2.73. The lowest BCUT2D eigenvalue weighted by molar-refractivity contribution is 0.281. The van der Waals surface area contributed by atoms with Crippen LogP contribution in [0.1, 0.15) is 95.9 Å². The van der Waals surface area contributed by atoms with E-state index in [-0.39, 0.29) is 48.6 Å². The Balaban J connectivity index is 0.000000181. The quantitative estimate of drug-likeness (QED) is 0.0241. The first kappa shape index (κ1) is 72.1. The Bertz CT molecular complexity index is 4370. The number of benzene rings is 8. The molecule has 0 saturated carbocycles. The summed E-state index contributed by atoms with van der Waals surface area (Å²) < 4.78 is 88.2. The van der Waals surface area contributed by atoms with Crippen LogP contribution >= 0.6 is 0 Å². The third-order valence-electron chi connectivity index (χ3n) is 17.8. The maximum atomic E-state index is 13.9. The van der Waals surface area contributed by atoms with Gasteiger partial charge in [-0.1, -0.05) is 97.1 Å². The molecule has 0 spiro atoms. The number of methoxy groups -OCH3 is 4. The molecule has 520 valence electrons. The van der Waals surface area contributed by atoms with Crippen LogP contribution in [0.15, 0.2) is 204 Å². The van der Waals surface area contributed by atoms with Crippen LogP contribution in [-0.4, -0.2) is 96.9 Å². The third kappa shape index (κ3) is 19.2. The van der Waals surface area contributed by atoms with Crippen LogP contribution in [0.2, 0.25) is 0 Å². The van der Waals surface area contributed by atoms with Crippen molar-refractivity contribution in [2.24, 2.45) is 0 Å². The average Bonchev–Trinajstić information content (AvgIpc) is 1.79. The summed E-state index contributed by atoms with van der Waals surface area (Å²) in [4.78, 5) is 0. The van der Waals surface area contributed by atoms with E-state index in [1.165, 1.54) is 49.8 Å². The zero-order valence-electron chi connectivity index (χ0n) is 56.8. The van der Waals surface area contributed by atoms with Gasteiger partial charge in [-0.2, -0.15) is 18.8 Å². The number of unbranched alkanes of at least 4 members (excludes halogenated alkanes) is 4. The highest BCUT2D eigenvalue weighted by Crippen LogP contribution is 2.38. The van der Waals surface area contributed by atoms with Gasteiger partial charge >= 0.3 is 0 Å². The van der Waals surface area contributed by atoms with Gasteiger partial charge in [-0.25, -0.2) is 16.8 Å². The van der Waals surface area contributed by atoms with Crippen molar-refractivity contribution in [1.29, 1.82) is 0 Å². The molecule has 2 aliphatic rings. The molecule has 19 nitrogen and oxygen atoms in total. The SMILES string of the molecule is COc1ccc(CN(Cc2ccc(OC)cc2)S(=O)(=O)c2ccn(CCCCCO)n2)cc1.COc1ccc(CN(Cc2ccc(OC)cc2)S(=O)(=O)c2ccn(CCCCCOc3cccc(-c4ccc5c(c4N)CCC5)c3)n2)cc1.Nc1c(-c2cccc(O)c2)ccc2c1CCC2. The molecule has 0 radical (unpaired) electrons. The van der Waals surface area contributed by atoms with Gasteiger partial charge in [0.25, 0.3) is 20.0 Å². The predicted molar refractivity (Wildman–Crippen MR) is 388 cm³/mol. The number of sulfonamides is 2. The number of aliphatic hydroxyl groups excluding tert-OH is 1. The van der Waals surface area contributed by atoms with Gasteiger partial charge in [0.1, 0.15) is 34.5 Å². The molecule has 2 aliphatic carbocycles. The number of nitrogen functional groups attached to an aromatic ring is 2. The Hall–Kier alpha value is -9.64. The summed E-state index contributed by atoms with van der Waals surface area (Å²) in [6.07, 6.45) is 15.2. The summed E-state index contributed by atoms with van der Waals surface area (Å²) in [7, 11) is -1.35. The van der Waals surface area contributed by atoms with E-state index in [1.54, 1.807) is 68.4 Å². The predicted octanol–water partition coefficient (Wildman–Crippen LogP) is 13.9. The van der Waals surface area contributed by atoms with Crippen molar-refractivity contribution < 1.29 is 50.7 Å². The minimum absolute atomic E-state index is 0.0201. The highest BCUT2D eigenvalue weighted by molar-refractivity contribution is 7.89. The van der Waals surface area contributed by atoms with Crippen molar-refractivity contribution in [3.05, 3.63) is 239 Å². The highest BCUT2D eigenvalue weighted by Gasteiger charge is 2.30. The fourth-order valence-electron chi connectivity index (χ4n) is 12.3. The van der Waals surface area contributed by atoms with Gasteiger partial charge in [0.2, 0.25) is 0 Å². The summed E-state index contributed by atoms with van der Waals surface area (Å²) >= 11 is 0. The lowest BCUT2D eigenvalue weighted by atomic mass is 9.97. The lowest BCUT2D eigenvalue weighted by Gasteiger charge is -2.21. The van der Waals surface area contributed by atoms with Crippen LogP contribution < -0.4 is 35.2 Å². The second kappa shape index (κ2) is 34.7. The Kier molecular flexibility index (Phi) is 25.3. The summed E-state index contributed by atoms with van der Waals surface area (Å²) in [6, 6.07) is 56.6. The first-order valence-electron chi connectivity index (χ1n) is 33.6. The molecule has 0 bridgehead atoms. The lowest BCUT2D eigenvalue weighted by Crippen LogP contribution is -2.30. The number of phenols is 1. The normalized spacial score (nSPS) is 12.5. The second-order valence-corrected chi connectivity index (χ2v) is 28.3. The van der Waals surface area contributed by atoms with Crippen molar-refractivity contribution in [3.8, 4) is 56.8 Å². The number of phenolic OH excluding ortho intramolecular Hbond substituents is 1. The number of aromatic nitrogens is 4. The van der Waals surface area contributed by atoms with E-state index in [0.717, 1.165) is 126 Å². The Morgan fingerprint density at radius 3 is 1.23 bits per heavy atom. The van der Waals surface area contributed by atoms with Gasteiger partial charge in [0, 0.05) is 80.8 Å². The number of ether oxygens (including phenoxy) is 5. The van der Waals surface area contributed by atoms with Gasteiger partial charge in [0.05, 0.1) is 35.0 Å². The maximum absolute atomic E-state index is 13.9. The van der Waals surface area contributed by atoms with Gasteiger partial charge in [0.15, 0.2) is 10.1 Å². The van der Waals surface area contributed by atoms with Crippen molar-refractivity contribution in [2.45, 2.75) is 126 Å². The van der Waals surface area contributed by atoms with E-state index in [9.17, 15) is 21.9 Å². The van der Waals surface area contributed by atoms with Crippen LogP contribution in [0.5, 0.6) is 34.5 Å². The molecule has 6 N–H and O–H groups in total. The number of aromatic hydroxyl groups is 1. The maximum Gasteiger partial charge on any atom is 0.262 e. The minimum Gasteiger partial charge on any atom is -0.508 e. The molecular weight excluding hydrogens is 1290 g/mol. The summed E-state index contributed by atoms with van der Waals surface area (Å²) in [5.41, 5.74) is 27.4.